The summed E-state index contributed by atoms with van der Waals surface area (Å²) in [5.41, 5.74) is 12.0. The number of aryl methyl sites for hydroxylation is 2. The molecule has 0 saturated heterocycles. The number of benzene rings is 6. The number of hydrogen-bond donors (Lipinski definition) is 0. The Morgan fingerprint density at radius 2 is 0.979 bits per heavy atom. The summed E-state index contributed by atoms with van der Waals surface area (Å²) in [6, 6.07) is 41.1. The zero-order chi connectivity index (χ0) is 31.2. The van der Waals surface area contributed by atoms with Crippen molar-refractivity contribution in [1.82, 2.24) is 18.1 Å². The van der Waals surface area contributed by atoms with Gasteiger partial charge in [0.15, 0.2) is 0 Å². The fraction of sp³-hybridized carbons (Fsp3) is 0.0909. The van der Waals surface area contributed by atoms with E-state index < -0.39 is 0 Å². The molecule has 0 bridgehead atoms. The molecule has 4 heteroatoms. The third kappa shape index (κ3) is 2.44. The lowest BCUT2D eigenvalue weighted by atomic mass is 9.88. The minimum absolute atomic E-state index is 0.207. The molecule has 0 fully saturated rings. The molecule has 13 rings (SSSR count). The van der Waals surface area contributed by atoms with Crippen LogP contribution in [0, 0.1) is 0 Å². The van der Waals surface area contributed by atoms with Crippen LogP contribution in [0.2, 0.25) is 0 Å². The summed E-state index contributed by atoms with van der Waals surface area (Å²) < 4.78 is 10.1. The van der Waals surface area contributed by atoms with E-state index in [-0.39, 0.29) is 12.0 Å². The van der Waals surface area contributed by atoms with Crippen molar-refractivity contribution in [2.45, 2.75) is 12.0 Å². The van der Waals surface area contributed by atoms with E-state index in [1.807, 2.05) is 0 Å². The standard InChI is InChI=1S/C44H28N4/c1-45-31-15-7-3-11-23(31)39-37(45)21-29-27-19-36-28(20-35(27)47-33-17-9-5-13-25(33)41(39)43(29)47)30-22-38-40(24-12-4-8-16-32(24)46(38)2)42-26-14-6-10-18-34(26)48(36)44(30)42/h3-22,27,35H,1-2H3. The predicted octanol–water partition coefficient (Wildman–Crippen LogP) is 8.99. The van der Waals surface area contributed by atoms with Crippen LogP contribution >= 0.6 is 0 Å². The van der Waals surface area contributed by atoms with E-state index in [4.69, 9.17) is 0 Å². The molecule has 1 aliphatic heterocycles. The van der Waals surface area contributed by atoms with Gasteiger partial charge < -0.3 is 18.1 Å². The third-order valence-electron chi connectivity index (χ3n) is 12.2. The largest absolute Gasteiger partial charge is 0.344 e. The zero-order valence-electron chi connectivity index (χ0n) is 26.5. The molecule has 0 saturated carbocycles. The third-order valence-corrected chi connectivity index (χ3v) is 12.2. The number of hydrogen-bond acceptors (Lipinski definition) is 0. The van der Waals surface area contributed by atoms with Crippen molar-refractivity contribution < 1.29 is 0 Å². The highest BCUT2D eigenvalue weighted by Crippen LogP contribution is 2.53. The number of fused-ring (bicyclic) bond motifs is 20. The molecule has 2 aliphatic rings. The Hall–Kier alpha value is -6.00. The Balaban J connectivity index is 1.25. The molecule has 5 aromatic heterocycles. The average molecular weight is 613 g/mol. The van der Waals surface area contributed by atoms with Crippen LogP contribution < -0.4 is 10.6 Å². The van der Waals surface area contributed by atoms with Crippen molar-refractivity contribution in [2.75, 3.05) is 0 Å². The van der Waals surface area contributed by atoms with Gasteiger partial charge in [0.25, 0.3) is 0 Å². The van der Waals surface area contributed by atoms with E-state index in [2.05, 4.69) is 154 Å². The van der Waals surface area contributed by atoms with E-state index in [0.29, 0.717) is 0 Å². The Morgan fingerprint density at radius 3 is 1.65 bits per heavy atom. The van der Waals surface area contributed by atoms with Gasteiger partial charge in [-0.1, -0.05) is 78.9 Å². The van der Waals surface area contributed by atoms with E-state index in [0.717, 1.165) is 0 Å². The number of para-hydroxylation sites is 4. The van der Waals surface area contributed by atoms with Gasteiger partial charge in [-0.25, -0.2) is 0 Å². The first-order valence-corrected chi connectivity index (χ1v) is 17.0. The van der Waals surface area contributed by atoms with Gasteiger partial charge in [-0.3, -0.25) is 0 Å². The summed E-state index contributed by atoms with van der Waals surface area (Å²) in [4.78, 5) is 0. The first kappa shape index (κ1) is 24.2. The first-order valence-electron chi connectivity index (χ1n) is 17.0. The van der Waals surface area contributed by atoms with Crippen LogP contribution in [0.5, 0.6) is 0 Å². The van der Waals surface area contributed by atoms with Crippen LogP contribution in [0.4, 0.5) is 0 Å². The van der Waals surface area contributed by atoms with Crippen molar-refractivity contribution >= 4 is 105 Å². The zero-order valence-corrected chi connectivity index (χ0v) is 26.5. The Kier molecular flexibility index (Phi) is 3.91. The second-order valence-corrected chi connectivity index (χ2v) is 14.2. The molecule has 0 radical (unpaired) electrons. The molecule has 1 aliphatic carbocycles. The topological polar surface area (TPSA) is 19.2 Å². The predicted molar refractivity (Wildman–Crippen MR) is 201 cm³/mol. The van der Waals surface area contributed by atoms with Gasteiger partial charge in [0, 0.05) is 95.8 Å². The summed E-state index contributed by atoms with van der Waals surface area (Å²) in [6.07, 6.45) is 5.22. The fourth-order valence-corrected chi connectivity index (χ4v) is 10.3. The fourth-order valence-electron chi connectivity index (χ4n) is 10.3. The number of aromatic nitrogens is 4. The van der Waals surface area contributed by atoms with Gasteiger partial charge >= 0.3 is 0 Å². The normalized spacial score (nSPS) is 17.3. The second kappa shape index (κ2) is 7.75. The van der Waals surface area contributed by atoms with E-state index in [9.17, 15) is 0 Å². The first-order chi connectivity index (χ1) is 23.7. The van der Waals surface area contributed by atoms with Crippen molar-refractivity contribution in [3.8, 4) is 0 Å². The van der Waals surface area contributed by atoms with Gasteiger partial charge in [0.1, 0.15) is 0 Å². The Bertz CT molecular complexity index is 3430. The van der Waals surface area contributed by atoms with Gasteiger partial charge in [-0.05, 0) is 48.0 Å². The smallest absolute Gasteiger partial charge is 0.0637 e. The maximum Gasteiger partial charge on any atom is 0.0637 e. The molecule has 6 heterocycles. The molecule has 4 nitrogen and oxygen atoms in total. The van der Waals surface area contributed by atoms with Crippen molar-refractivity contribution in [2.24, 2.45) is 14.1 Å². The molecule has 2 unspecified atom stereocenters. The van der Waals surface area contributed by atoms with Crippen molar-refractivity contribution in [3.05, 3.63) is 125 Å². The lowest BCUT2D eigenvalue weighted by Gasteiger charge is -2.20. The highest BCUT2D eigenvalue weighted by atomic mass is 15.1. The molecule has 6 aromatic carbocycles. The number of rotatable bonds is 0. The highest BCUT2D eigenvalue weighted by molar-refractivity contribution is 6.32. The minimum Gasteiger partial charge on any atom is -0.344 e. The molecular weight excluding hydrogens is 585 g/mol. The summed E-state index contributed by atoms with van der Waals surface area (Å²) in [5.74, 6) is 0.244. The monoisotopic (exact) mass is 612 g/mol. The van der Waals surface area contributed by atoms with Crippen LogP contribution in [0.1, 0.15) is 17.5 Å². The van der Waals surface area contributed by atoms with Crippen molar-refractivity contribution in [1.29, 1.82) is 0 Å². The summed E-state index contributed by atoms with van der Waals surface area (Å²) >= 11 is 0. The van der Waals surface area contributed by atoms with Crippen molar-refractivity contribution in [3.63, 3.8) is 0 Å². The summed E-state index contributed by atoms with van der Waals surface area (Å²) in [6.45, 7) is 0. The molecule has 48 heavy (non-hydrogen) atoms. The second-order valence-electron chi connectivity index (χ2n) is 14.2. The molecule has 0 N–H and O–H groups in total. The Morgan fingerprint density at radius 1 is 0.458 bits per heavy atom. The van der Waals surface area contributed by atoms with Gasteiger partial charge in [-0.2, -0.15) is 0 Å². The number of nitrogens with zero attached hydrogens (tertiary/aromatic N) is 4. The quantitative estimate of drug-likeness (QED) is 0.163. The van der Waals surface area contributed by atoms with Crippen LogP contribution in [-0.2, 0) is 14.1 Å². The molecule has 2 atom stereocenters. The van der Waals surface area contributed by atoms with Gasteiger partial charge in [0.2, 0.25) is 0 Å². The van der Waals surface area contributed by atoms with Crippen LogP contribution in [0.25, 0.3) is 105 Å². The van der Waals surface area contributed by atoms with Gasteiger partial charge in [0.05, 0.1) is 33.5 Å². The lowest BCUT2D eigenvalue weighted by Crippen LogP contribution is -2.32. The van der Waals surface area contributed by atoms with E-state index >= 15 is 0 Å². The molecule has 0 amide bonds. The maximum atomic E-state index is 2.67. The summed E-state index contributed by atoms with van der Waals surface area (Å²) in [7, 11) is 4.46. The van der Waals surface area contributed by atoms with Crippen LogP contribution in [0.3, 0.4) is 0 Å². The highest BCUT2D eigenvalue weighted by Gasteiger charge is 2.38. The molecule has 224 valence electrons. The minimum atomic E-state index is 0.207. The molecule has 11 aromatic rings. The van der Waals surface area contributed by atoms with Crippen LogP contribution in [0.15, 0.2) is 109 Å². The lowest BCUT2D eigenvalue weighted by molar-refractivity contribution is 0.663. The van der Waals surface area contributed by atoms with E-state index in [1.54, 1.807) is 0 Å². The molecular formula is C44H28N4. The maximum absolute atomic E-state index is 2.67. The van der Waals surface area contributed by atoms with Crippen LogP contribution in [-0.4, -0.2) is 18.1 Å². The average Bonchev–Trinajstić information content (AvgIpc) is 3.94. The molecule has 0 spiro atoms. The SMILES string of the molecule is Cn1c2ccccc2c2c3c4ccccc4n4c3c(cc21)C1C=c2c(c3cc5c(c6ccccc6n5C)c5c6ccccc6n2c35)=CC14. The summed E-state index contributed by atoms with van der Waals surface area (Å²) in [5, 5.41) is 14.9. The van der Waals surface area contributed by atoms with E-state index in [1.165, 1.54) is 109 Å². The Labute approximate surface area is 273 Å². The van der Waals surface area contributed by atoms with Gasteiger partial charge in [-0.15, -0.1) is 0 Å².